The largest absolute Gasteiger partial charge is 0.508 e. The lowest BCUT2D eigenvalue weighted by Gasteiger charge is -2.16. The molecule has 21 heavy (non-hydrogen) atoms. The first kappa shape index (κ1) is 15.4. The van der Waals surface area contributed by atoms with Crippen LogP contribution in [0.15, 0.2) is 18.2 Å². The predicted molar refractivity (Wildman–Crippen MR) is 79.1 cm³/mol. The molecule has 1 unspecified atom stereocenters. The van der Waals surface area contributed by atoms with Crippen molar-refractivity contribution in [1.29, 1.82) is 0 Å². The van der Waals surface area contributed by atoms with E-state index in [1.54, 1.807) is 19.1 Å². The summed E-state index contributed by atoms with van der Waals surface area (Å²) in [5, 5.41) is 21.5. The first-order valence-corrected chi connectivity index (χ1v) is 7.25. The molecule has 3 N–H and O–H groups in total. The van der Waals surface area contributed by atoms with E-state index in [1.165, 1.54) is 6.07 Å². The topological polar surface area (TPSA) is 86.6 Å². The summed E-state index contributed by atoms with van der Waals surface area (Å²) in [4.78, 5) is 23.7. The highest BCUT2D eigenvalue weighted by Gasteiger charge is 2.42. The Morgan fingerprint density at radius 1 is 1.29 bits per heavy atom. The highest BCUT2D eigenvalue weighted by Crippen LogP contribution is 2.39. The third-order valence-corrected chi connectivity index (χ3v) is 4.36. The average Bonchev–Trinajstić information content (AvgIpc) is 2.86. The van der Waals surface area contributed by atoms with E-state index in [-0.39, 0.29) is 11.7 Å². The van der Waals surface area contributed by atoms with Gasteiger partial charge in [0.15, 0.2) is 0 Å². The van der Waals surface area contributed by atoms with Gasteiger partial charge in [-0.3, -0.25) is 9.59 Å². The van der Waals surface area contributed by atoms with E-state index in [2.05, 4.69) is 5.32 Å². The van der Waals surface area contributed by atoms with Crippen LogP contribution in [0.25, 0.3) is 0 Å². The van der Waals surface area contributed by atoms with Crippen LogP contribution in [0.1, 0.15) is 31.7 Å². The molecule has 1 aliphatic carbocycles. The molecule has 5 nitrogen and oxygen atoms in total. The minimum Gasteiger partial charge on any atom is -0.508 e. The van der Waals surface area contributed by atoms with Gasteiger partial charge in [-0.2, -0.15) is 0 Å². The van der Waals surface area contributed by atoms with Crippen LogP contribution >= 0.6 is 0 Å². The quantitative estimate of drug-likeness (QED) is 0.744. The number of aryl methyl sites for hydroxylation is 1. The van der Waals surface area contributed by atoms with Crippen molar-refractivity contribution in [2.75, 3.05) is 5.32 Å². The van der Waals surface area contributed by atoms with Gasteiger partial charge in [0.05, 0.1) is 11.8 Å². The van der Waals surface area contributed by atoms with Gasteiger partial charge in [0.1, 0.15) is 5.75 Å². The van der Waals surface area contributed by atoms with Crippen molar-refractivity contribution in [3.8, 4) is 5.75 Å². The summed E-state index contributed by atoms with van der Waals surface area (Å²) in [5.74, 6) is -1.79. The summed E-state index contributed by atoms with van der Waals surface area (Å²) in [6, 6.07) is 4.69. The van der Waals surface area contributed by atoms with Gasteiger partial charge >= 0.3 is 5.97 Å². The molecular weight excluding hydrogens is 270 g/mol. The van der Waals surface area contributed by atoms with Crippen LogP contribution < -0.4 is 5.32 Å². The number of benzene rings is 1. The van der Waals surface area contributed by atoms with E-state index in [4.69, 9.17) is 0 Å². The van der Waals surface area contributed by atoms with Crippen molar-refractivity contribution in [2.45, 2.75) is 33.1 Å². The van der Waals surface area contributed by atoms with Crippen molar-refractivity contribution in [2.24, 2.45) is 17.8 Å². The summed E-state index contributed by atoms with van der Waals surface area (Å²) in [7, 11) is 0. The Labute approximate surface area is 124 Å². The summed E-state index contributed by atoms with van der Waals surface area (Å²) >= 11 is 0. The highest BCUT2D eigenvalue weighted by molar-refractivity contribution is 5.96. The molecule has 0 aromatic heterocycles. The standard InChI is InChI=1S/C16H21NO4/c1-3-10-7-12(13(8-10)16(20)21)15(19)17-14-5-4-11(18)6-9(14)2/h4-6,10,12-13,18H,3,7-8H2,1-2H3,(H,17,19)(H,20,21)/t10?,12-,13+/m0/s1. The maximum absolute atomic E-state index is 12.4. The minimum absolute atomic E-state index is 0.140. The molecular formula is C16H21NO4. The molecule has 1 aromatic carbocycles. The zero-order valence-corrected chi connectivity index (χ0v) is 12.3. The monoisotopic (exact) mass is 291 g/mol. The number of phenolic OH excluding ortho intramolecular Hbond substituents is 1. The van der Waals surface area contributed by atoms with Crippen molar-refractivity contribution >= 4 is 17.6 Å². The van der Waals surface area contributed by atoms with Crippen LogP contribution in [0.5, 0.6) is 5.75 Å². The van der Waals surface area contributed by atoms with Gasteiger partial charge in [-0.05, 0) is 49.4 Å². The van der Waals surface area contributed by atoms with E-state index in [1.807, 2.05) is 6.92 Å². The number of carbonyl (C=O) groups is 2. The van der Waals surface area contributed by atoms with Crippen LogP contribution in [0.3, 0.4) is 0 Å². The number of amides is 1. The van der Waals surface area contributed by atoms with E-state index in [0.717, 1.165) is 12.0 Å². The third kappa shape index (κ3) is 3.35. The Morgan fingerprint density at radius 2 is 1.95 bits per heavy atom. The second kappa shape index (κ2) is 6.16. The molecule has 0 spiro atoms. The van der Waals surface area contributed by atoms with Crippen molar-refractivity contribution < 1.29 is 19.8 Å². The zero-order valence-electron chi connectivity index (χ0n) is 12.3. The smallest absolute Gasteiger partial charge is 0.307 e. The minimum atomic E-state index is -0.895. The number of anilines is 1. The SMILES string of the molecule is CCC1C[C@H](C(=O)Nc2ccc(O)cc2C)[C@H](C(=O)O)C1. The van der Waals surface area contributed by atoms with Gasteiger partial charge in [0, 0.05) is 5.69 Å². The number of carboxylic acids is 1. The maximum atomic E-state index is 12.4. The van der Waals surface area contributed by atoms with Gasteiger partial charge in [-0.1, -0.05) is 13.3 Å². The van der Waals surface area contributed by atoms with Crippen LogP contribution in [-0.2, 0) is 9.59 Å². The molecule has 0 saturated heterocycles. The molecule has 114 valence electrons. The molecule has 1 saturated carbocycles. The predicted octanol–water partition coefficient (Wildman–Crippen LogP) is 2.78. The number of phenols is 1. The number of aliphatic carboxylic acids is 1. The summed E-state index contributed by atoms with van der Waals surface area (Å²) in [6.45, 7) is 3.81. The Kier molecular flexibility index (Phi) is 4.50. The number of hydrogen-bond donors (Lipinski definition) is 3. The number of aromatic hydroxyl groups is 1. The lowest BCUT2D eigenvalue weighted by atomic mass is 9.95. The fourth-order valence-electron chi connectivity index (χ4n) is 3.05. The normalized spacial score (nSPS) is 24.8. The number of carboxylic acid groups (broad SMARTS) is 1. The first-order valence-electron chi connectivity index (χ1n) is 7.25. The average molecular weight is 291 g/mol. The highest BCUT2D eigenvalue weighted by atomic mass is 16.4. The molecule has 3 atom stereocenters. The molecule has 0 aliphatic heterocycles. The molecule has 1 fully saturated rings. The molecule has 1 aromatic rings. The van der Waals surface area contributed by atoms with Crippen molar-refractivity contribution in [3.63, 3.8) is 0 Å². The van der Waals surface area contributed by atoms with Crippen molar-refractivity contribution in [1.82, 2.24) is 0 Å². The second-order valence-corrected chi connectivity index (χ2v) is 5.79. The fourth-order valence-corrected chi connectivity index (χ4v) is 3.05. The number of hydrogen-bond acceptors (Lipinski definition) is 3. The molecule has 1 amide bonds. The van der Waals surface area contributed by atoms with E-state index in [0.29, 0.717) is 24.4 Å². The van der Waals surface area contributed by atoms with Crippen LogP contribution in [0.4, 0.5) is 5.69 Å². The fraction of sp³-hybridized carbons (Fsp3) is 0.500. The Bertz CT molecular complexity index is 555. The van der Waals surface area contributed by atoms with E-state index < -0.39 is 17.8 Å². The Hall–Kier alpha value is -2.04. The van der Waals surface area contributed by atoms with Gasteiger partial charge < -0.3 is 15.5 Å². The molecule has 1 aliphatic rings. The summed E-state index contributed by atoms with van der Waals surface area (Å²) in [6.07, 6.45) is 2.08. The number of nitrogens with one attached hydrogen (secondary N) is 1. The van der Waals surface area contributed by atoms with Gasteiger partial charge in [-0.15, -0.1) is 0 Å². The maximum Gasteiger partial charge on any atom is 0.307 e. The zero-order chi connectivity index (χ0) is 15.6. The first-order chi connectivity index (χ1) is 9.92. The lowest BCUT2D eigenvalue weighted by molar-refractivity contribution is -0.145. The molecule has 0 bridgehead atoms. The Morgan fingerprint density at radius 3 is 2.52 bits per heavy atom. The third-order valence-electron chi connectivity index (χ3n) is 4.36. The molecule has 2 rings (SSSR count). The van der Waals surface area contributed by atoms with Crippen LogP contribution in [0.2, 0.25) is 0 Å². The molecule has 0 radical (unpaired) electrons. The van der Waals surface area contributed by atoms with Crippen LogP contribution in [-0.4, -0.2) is 22.1 Å². The lowest BCUT2D eigenvalue weighted by Crippen LogP contribution is -2.30. The molecule has 5 heteroatoms. The number of carbonyl (C=O) groups excluding carboxylic acids is 1. The van der Waals surface area contributed by atoms with E-state index >= 15 is 0 Å². The van der Waals surface area contributed by atoms with Gasteiger partial charge in [0.25, 0.3) is 0 Å². The van der Waals surface area contributed by atoms with Crippen molar-refractivity contribution in [3.05, 3.63) is 23.8 Å². The molecule has 0 heterocycles. The Balaban J connectivity index is 2.13. The second-order valence-electron chi connectivity index (χ2n) is 5.79. The van der Waals surface area contributed by atoms with Gasteiger partial charge in [-0.25, -0.2) is 0 Å². The van der Waals surface area contributed by atoms with E-state index in [9.17, 15) is 19.8 Å². The summed E-state index contributed by atoms with van der Waals surface area (Å²) < 4.78 is 0. The summed E-state index contributed by atoms with van der Waals surface area (Å²) in [5.41, 5.74) is 1.36. The number of rotatable bonds is 4. The van der Waals surface area contributed by atoms with Crippen LogP contribution in [0, 0.1) is 24.7 Å². The van der Waals surface area contributed by atoms with Gasteiger partial charge in [0.2, 0.25) is 5.91 Å².